The molecule has 0 spiro atoms. The minimum absolute atomic E-state index is 0.153. The molecule has 2 unspecified atom stereocenters. The number of nitrogens with zero attached hydrogens (tertiary/aromatic N) is 3. The van der Waals surface area contributed by atoms with E-state index in [1.807, 2.05) is 19.1 Å². The highest BCUT2D eigenvalue weighted by atomic mass is 16.5. The van der Waals surface area contributed by atoms with E-state index in [0.717, 1.165) is 26.1 Å². The van der Waals surface area contributed by atoms with E-state index in [1.54, 1.807) is 12.1 Å². The average molecular weight is 372 g/mol. The zero-order valence-electron chi connectivity index (χ0n) is 16.3. The lowest BCUT2D eigenvalue weighted by molar-refractivity contribution is -0.0672. The van der Waals surface area contributed by atoms with Crippen molar-refractivity contribution in [3.63, 3.8) is 0 Å². The summed E-state index contributed by atoms with van der Waals surface area (Å²) in [6.07, 6.45) is 1.18. The Bertz CT molecular complexity index is 854. The molecule has 27 heavy (non-hydrogen) atoms. The van der Waals surface area contributed by atoms with Crippen molar-refractivity contribution in [1.82, 2.24) is 20.0 Å². The van der Waals surface area contributed by atoms with Gasteiger partial charge in [0.15, 0.2) is 5.69 Å². The highest BCUT2D eigenvalue weighted by Crippen LogP contribution is 2.13. The fourth-order valence-corrected chi connectivity index (χ4v) is 3.64. The van der Waals surface area contributed by atoms with Gasteiger partial charge in [0, 0.05) is 38.1 Å². The fraction of sp³-hybridized carbons (Fsp3) is 0.550. The van der Waals surface area contributed by atoms with Gasteiger partial charge in [-0.25, -0.2) is 4.68 Å². The van der Waals surface area contributed by atoms with Gasteiger partial charge in [0.2, 0.25) is 0 Å². The number of hydrogen-bond donors (Lipinski definition) is 1. The Morgan fingerprint density at radius 1 is 1.19 bits per heavy atom. The SMILES string of the molecule is CCCn1nc(C(=O)NCCN2CC(C)OC(C)C2)c2ccccc2c1=O. The van der Waals surface area contributed by atoms with Gasteiger partial charge in [0.05, 0.1) is 17.6 Å². The van der Waals surface area contributed by atoms with Gasteiger partial charge >= 0.3 is 0 Å². The first kappa shape index (κ1) is 19.5. The molecule has 1 aliphatic rings. The monoisotopic (exact) mass is 372 g/mol. The Kier molecular flexibility index (Phi) is 6.23. The number of fused-ring (bicyclic) bond motifs is 1. The Hall–Kier alpha value is -2.25. The van der Waals surface area contributed by atoms with Gasteiger partial charge in [0.1, 0.15) is 0 Å². The molecule has 1 amide bonds. The number of carbonyl (C=O) groups is 1. The minimum atomic E-state index is -0.245. The van der Waals surface area contributed by atoms with E-state index in [2.05, 4.69) is 29.2 Å². The summed E-state index contributed by atoms with van der Waals surface area (Å²) in [6, 6.07) is 7.16. The maximum Gasteiger partial charge on any atom is 0.274 e. The van der Waals surface area contributed by atoms with E-state index in [1.165, 1.54) is 4.68 Å². The summed E-state index contributed by atoms with van der Waals surface area (Å²) in [6.45, 7) is 9.62. The number of hydrogen-bond acceptors (Lipinski definition) is 5. The summed E-state index contributed by atoms with van der Waals surface area (Å²) in [5.74, 6) is -0.245. The lowest BCUT2D eigenvalue weighted by atomic mass is 10.1. The van der Waals surface area contributed by atoms with Crippen molar-refractivity contribution >= 4 is 16.7 Å². The normalized spacial score (nSPS) is 20.7. The lowest BCUT2D eigenvalue weighted by Crippen LogP contribution is -2.48. The molecule has 0 saturated carbocycles. The minimum Gasteiger partial charge on any atom is -0.373 e. The van der Waals surface area contributed by atoms with E-state index >= 15 is 0 Å². The number of amides is 1. The first-order valence-electron chi connectivity index (χ1n) is 9.65. The predicted octanol–water partition coefficient (Wildman–Crippen LogP) is 1.65. The van der Waals surface area contributed by atoms with Crippen LogP contribution in [0, 0.1) is 0 Å². The Balaban J connectivity index is 1.73. The van der Waals surface area contributed by atoms with Crippen molar-refractivity contribution in [2.75, 3.05) is 26.2 Å². The van der Waals surface area contributed by atoms with E-state index in [0.29, 0.717) is 29.6 Å². The van der Waals surface area contributed by atoms with Crippen molar-refractivity contribution in [2.45, 2.75) is 45.9 Å². The van der Waals surface area contributed by atoms with Crippen LogP contribution in [-0.4, -0.2) is 59.0 Å². The third kappa shape index (κ3) is 4.54. The summed E-state index contributed by atoms with van der Waals surface area (Å²) in [5, 5.41) is 8.42. The highest BCUT2D eigenvalue weighted by molar-refractivity contribution is 6.04. The molecular formula is C20H28N4O3. The Morgan fingerprint density at radius 3 is 2.52 bits per heavy atom. The van der Waals surface area contributed by atoms with E-state index in [-0.39, 0.29) is 23.7 Å². The van der Waals surface area contributed by atoms with Gasteiger partial charge in [-0.1, -0.05) is 25.1 Å². The van der Waals surface area contributed by atoms with Gasteiger partial charge in [-0.2, -0.15) is 5.10 Å². The summed E-state index contributed by atoms with van der Waals surface area (Å²) < 4.78 is 7.13. The molecule has 1 fully saturated rings. The molecule has 1 aliphatic heterocycles. The largest absolute Gasteiger partial charge is 0.373 e. The van der Waals surface area contributed by atoms with Gasteiger partial charge < -0.3 is 10.1 Å². The lowest BCUT2D eigenvalue weighted by Gasteiger charge is -2.35. The third-order valence-corrected chi connectivity index (χ3v) is 4.73. The number of ether oxygens (including phenoxy) is 1. The van der Waals surface area contributed by atoms with Crippen LogP contribution in [0.25, 0.3) is 10.8 Å². The zero-order chi connectivity index (χ0) is 19.4. The number of aryl methyl sites for hydroxylation is 1. The number of aromatic nitrogens is 2. The highest BCUT2D eigenvalue weighted by Gasteiger charge is 2.22. The Morgan fingerprint density at radius 2 is 1.85 bits per heavy atom. The number of rotatable bonds is 6. The number of benzene rings is 1. The molecule has 7 nitrogen and oxygen atoms in total. The van der Waals surface area contributed by atoms with Gasteiger partial charge in [-0.3, -0.25) is 14.5 Å². The maximum absolute atomic E-state index is 12.8. The zero-order valence-corrected chi connectivity index (χ0v) is 16.3. The van der Waals surface area contributed by atoms with Gasteiger partial charge in [-0.05, 0) is 26.3 Å². The van der Waals surface area contributed by atoms with Crippen LogP contribution < -0.4 is 10.9 Å². The molecule has 0 bridgehead atoms. The third-order valence-electron chi connectivity index (χ3n) is 4.73. The average Bonchev–Trinajstić information content (AvgIpc) is 2.63. The van der Waals surface area contributed by atoms with Gasteiger partial charge in [0.25, 0.3) is 11.5 Å². The summed E-state index contributed by atoms with van der Waals surface area (Å²) in [5.41, 5.74) is 0.155. The molecule has 0 aliphatic carbocycles. The topological polar surface area (TPSA) is 76.5 Å². The van der Waals surface area contributed by atoms with E-state index in [4.69, 9.17) is 4.74 Å². The number of morpholine rings is 1. The van der Waals surface area contributed by atoms with Crippen molar-refractivity contribution in [3.8, 4) is 0 Å². The molecule has 1 N–H and O–H groups in total. The van der Waals surface area contributed by atoms with Crippen molar-refractivity contribution < 1.29 is 9.53 Å². The van der Waals surface area contributed by atoms with Crippen LogP contribution in [0.3, 0.4) is 0 Å². The van der Waals surface area contributed by atoms with Crippen molar-refractivity contribution in [1.29, 1.82) is 0 Å². The second-order valence-electron chi connectivity index (χ2n) is 7.20. The second-order valence-corrected chi connectivity index (χ2v) is 7.20. The van der Waals surface area contributed by atoms with Crippen LogP contribution in [0.15, 0.2) is 29.1 Å². The molecule has 3 rings (SSSR count). The van der Waals surface area contributed by atoms with Crippen LogP contribution in [0.1, 0.15) is 37.7 Å². The van der Waals surface area contributed by atoms with E-state index < -0.39 is 0 Å². The van der Waals surface area contributed by atoms with Crippen molar-refractivity contribution in [2.24, 2.45) is 0 Å². The molecular weight excluding hydrogens is 344 g/mol. The molecule has 7 heteroatoms. The molecule has 1 aromatic carbocycles. The standard InChI is InChI=1S/C20H28N4O3/c1-4-10-24-20(26)17-8-6-5-7-16(17)18(22-24)19(25)21-9-11-23-12-14(2)27-15(3)13-23/h5-8,14-15H,4,9-13H2,1-3H3,(H,21,25). The first-order chi connectivity index (χ1) is 13.0. The number of nitrogens with one attached hydrogen (secondary N) is 1. The second kappa shape index (κ2) is 8.63. The van der Waals surface area contributed by atoms with Crippen LogP contribution in [0.5, 0.6) is 0 Å². The van der Waals surface area contributed by atoms with Crippen LogP contribution in [0.4, 0.5) is 0 Å². The Labute approximate surface area is 159 Å². The van der Waals surface area contributed by atoms with E-state index in [9.17, 15) is 9.59 Å². The van der Waals surface area contributed by atoms with Crippen LogP contribution in [0.2, 0.25) is 0 Å². The van der Waals surface area contributed by atoms with Gasteiger partial charge in [-0.15, -0.1) is 0 Å². The molecule has 2 heterocycles. The van der Waals surface area contributed by atoms with Crippen molar-refractivity contribution in [3.05, 3.63) is 40.3 Å². The summed E-state index contributed by atoms with van der Waals surface area (Å²) in [4.78, 5) is 27.6. The maximum atomic E-state index is 12.8. The molecule has 2 atom stereocenters. The van der Waals surface area contributed by atoms with Crippen LogP contribution >= 0.6 is 0 Å². The molecule has 1 saturated heterocycles. The number of carbonyl (C=O) groups excluding carboxylic acids is 1. The summed E-state index contributed by atoms with van der Waals surface area (Å²) >= 11 is 0. The fourth-order valence-electron chi connectivity index (χ4n) is 3.64. The van der Waals surface area contributed by atoms with Crippen LogP contribution in [-0.2, 0) is 11.3 Å². The molecule has 1 aromatic heterocycles. The smallest absolute Gasteiger partial charge is 0.274 e. The quantitative estimate of drug-likeness (QED) is 0.834. The summed E-state index contributed by atoms with van der Waals surface area (Å²) in [7, 11) is 0. The first-order valence-corrected chi connectivity index (χ1v) is 9.65. The predicted molar refractivity (Wildman–Crippen MR) is 105 cm³/mol. The molecule has 146 valence electrons. The molecule has 0 radical (unpaired) electrons. The molecule has 2 aromatic rings.